The summed E-state index contributed by atoms with van der Waals surface area (Å²) in [7, 11) is 0. The van der Waals surface area contributed by atoms with Crippen LogP contribution in [0.15, 0.2) is 42.5 Å². The van der Waals surface area contributed by atoms with Crippen molar-refractivity contribution in [1.29, 1.82) is 0 Å². The molecule has 2 aromatic carbocycles. The molecule has 1 nitrogen and oxygen atoms in total. The Morgan fingerprint density at radius 3 is 1.86 bits per heavy atom. The minimum absolute atomic E-state index is 0. The summed E-state index contributed by atoms with van der Waals surface area (Å²) in [5.74, 6) is -1.28. The van der Waals surface area contributed by atoms with E-state index in [1.807, 2.05) is 0 Å². The molecule has 2 aromatic rings. The molecule has 0 bridgehead atoms. The van der Waals surface area contributed by atoms with E-state index < -0.39 is 24.1 Å². The van der Waals surface area contributed by atoms with Gasteiger partial charge in [0.15, 0.2) is 0 Å². The van der Waals surface area contributed by atoms with Gasteiger partial charge in [-0.15, -0.1) is 5.46 Å². The number of benzene rings is 2. The monoisotopic (exact) mass is 326 g/mol. The van der Waals surface area contributed by atoms with Crippen LogP contribution in [0.4, 0.5) is 21.7 Å². The topological polar surface area (TPSA) is 9.23 Å². The van der Waals surface area contributed by atoms with Gasteiger partial charge in [-0.1, -0.05) is 12.1 Å². The summed E-state index contributed by atoms with van der Waals surface area (Å²) in [6.07, 6.45) is 0. The molecule has 106 valence electrons. The molecule has 0 heterocycles. The molecule has 2 rings (SSSR count). The van der Waals surface area contributed by atoms with Crippen LogP contribution in [0.3, 0.4) is 0 Å². The Kier molecular flexibility index (Phi) is 6.86. The molecular formula is C13H9BF5KO. The molecule has 0 aromatic heterocycles. The van der Waals surface area contributed by atoms with Crippen molar-refractivity contribution in [1.82, 2.24) is 0 Å². The molecule has 0 N–H and O–H groups in total. The van der Waals surface area contributed by atoms with Gasteiger partial charge in [0.05, 0.1) is 0 Å². The molecule has 8 heteroatoms. The number of ether oxygens (including phenoxy) is 1. The second-order valence-electron chi connectivity index (χ2n) is 4.21. The number of hydrogen-bond donors (Lipinski definition) is 0. The average Bonchev–Trinajstić information content (AvgIpc) is 2.35. The van der Waals surface area contributed by atoms with Crippen LogP contribution < -0.4 is 61.6 Å². The third kappa shape index (κ3) is 5.71. The fraction of sp³-hybridized carbons (Fsp3) is 0.0769. The van der Waals surface area contributed by atoms with E-state index in [4.69, 9.17) is 4.74 Å². The predicted molar refractivity (Wildman–Crippen MR) is 65.8 cm³/mol. The van der Waals surface area contributed by atoms with E-state index in [1.54, 1.807) is 0 Å². The van der Waals surface area contributed by atoms with Crippen molar-refractivity contribution in [3.05, 3.63) is 59.7 Å². The van der Waals surface area contributed by atoms with Crippen molar-refractivity contribution in [3.63, 3.8) is 0 Å². The normalized spacial score (nSPS) is 10.9. The van der Waals surface area contributed by atoms with Crippen molar-refractivity contribution in [2.24, 2.45) is 0 Å². The number of halogens is 5. The molecule has 0 aliphatic rings. The van der Waals surface area contributed by atoms with Gasteiger partial charge in [0.25, 0.3) is 0 Å². The summed E-state index contributed by atoms with van der Waals surface area (Å²) in [5.41, 5.74) is -0.472. The first kappa shape index (κ1) is 18.6. The molecular weight excluding hydrogens is 317 g/mol. The van der Waals surface area contributed by atoms with E-state index in [0.717, 1.165) is 30.3 Å². The molecule has 0 aliphatic carbocycles. The van der Waals surface area contributed by atoms with E-state index in [1.165, 1.54) is 12.1 Å². The Bertz CT molecular complexity index is 580. The molecule has 0 spiro atoms. The van der Waals surface area contributed by atoms with E-state index in [2.05, 4.69) is 0 Å². The molecule has 0 radical (unpaired) electrons. The first-order valence-corrected chi connectivity index (χ1v) is 5.72. The van der Waals surface area contributed by atoms with Gasteiger partial charge < -0.3 is 17.7 Å². The second kappa shape index (κ2) is 7.73. The van der Waals surface area contributed by atoms with E-state index in [0.29, 0.717) is 0 Å². The average molecular weight is 326 g/mol. The van der Waals surface area contributed by atoms with Crippen LogP contribution in [0.1, 0.15) is 5.56 Å². The quantitative estimate of drug-likeness (QED) is 0.591. The van der Waals surface area contributed by atoms with E-state index in [9.17, 15) is 21.7 Å². The Morgan fingerprint density at radius 2 is 1.38 bits per heavy atom. The van der Waals surface area contributed by atoms with Gasteiger partial charge in [0.2, 0.25) is 0 Å². The molecule has 0 saturated carbocycles. The van der Waals surface area contributed by atoms with Crippen LogP contribution in [0.2, 0.25) is 0 Å². The van der Waals surface area contributed by atoms with Gasteiger partial charge in [-0.2, -0.15) is 0 Å². The summed E-state index contributed by atoms with van der Waals surface area (Å²) in [6.45, 7) is -5.18. The van der Waals surface area contributed by atoms with Crippen LogP contribution in [0, 0.1) is 11.6 Å². The zero-order valence-electron chi connectivity index (χ0n) is 11.1. The van der Waals surface area contributed by atoms with Crippen molar-refractivity contribution >= 4 is 12.4 Å². The van der Waals surface area contributed by atoms with E-state index in [-0.39, 0.29) is 69.3 Å². The Hall–Kier alpha value is -0.409. The van der Waals surface area contributed by atoms with Gasteiger partial charge in [-0.05, 0) is 29.8 Å². The van der Waals surface area contributed by atoms with E-state index >= 15 is 0 Å². The molecule has 0 aliphatic heterocycles. The third-order valence-corrected chi connectivity index (χ3v) is 2.59. The molecule has 0 amide bonds. The van der Waals surface area contributed by atoms with Crippen molar-refractivity contribution in [2.45, 2.75) is 6.61 Å². The summed E-state index contributed by atoms with van der Waals surface area (Å²) in [5, 5.41) is 0. The SMILES string of the molecule is Fc1cc(F)cc(COc2ccc([B-](F)(F)F)cc2)c1.[K+]. The Balaban J connectivity index is 0.00000220. The maximum atomic E-state index is 12.9. The fourth-order valence-corrected chi connectivity index (χ4v) is 1.64. The van der Waals surface area contributed by atoms with Crippen molar-refractivity contribution in [3.8, 4) is 5.75 Å². The molecule has 21 heavy (non-hydrogen) atoms. The first-order chi connectivity index (χ1) is 9.34. The largest absolute Gasteiger partial charge is 1.00 e. The Labute approximate surface area is 161 Å². The van der Waals surface area contributed by atoms with Crippen LogP contribution in [0.25, 0.3) is 0 Å². The minimum atomic E-state index is -5.04. The minimum Gasteiger partial charge on any atom is -0.489 e. The maximum Gasteiger partial charge on any atom is 1.00 e. The summed E-state index contributed by atoms with van der Waals surface area (Å²) >= 11 is 0. The third-order valence-electron chi connectivity index (χ3n) is 2.59. The standard InChI is InChI=1S/C13H9BF5O.K/c15-11-5-9(6-12(16)7-11)8-20-13-3-1-10(2-4-13)14(17,18)19;/h1-7H,8H2;/q-1;+1. The zero-order chi connectivity index (χ0) is 14.8. The molecule has 0 fully saturated rings. The van der Waals surface area contributed by atoms with Crippen molar-refractivity contribution < 1.29 is 77.8 Å². The first-order valence-electron chi connectivity index (χ1n) is 5.72. The predicted octanol–water partition coefficient (Wildman–Crippen LogP) is 0.602. The number of hydrogen-bond acceptors (Lipinski definition) is 1. The van der Waals surface area contributed by atoms with Gasteiger partial charge >= 0.3 is 58.4 Å². The van der Waals surface area contributed by atoms with Gasteiger partial charge in [-0.3, -0.25) is 0 Å². The summed E-state index contributed by atoms with van der Waals surface area (Å²) in [6, 6.07) is 7.06. The second-order valence-corrected chi connectivity index (χ2v) is 4.21. The van der Waals surface area contributed by atoms with Crippen LogP contribution >= 0.6 is 0 Å². The van der Waals surface area contributed by atoms with Gasteiger partial charge in [-0.25, -0.2) is 8.78 Å². The van der Waals surface area contributed by atoms with Crippen LogP contribution in [-0.4, -0.2) is 6.98 Å². The van der Waals surface area contributed by atoms with Gasteiger partial charge in [0, 0.05) is 6.07 Å². The van der Waals surface area contributed by atoms with Crippen molar-refractivity contribution in [2.75, 3.05) is 0 Å². The molecule has 0 unspecified atom stereocenters. The smallest absolute Gasteiger partial charge is 0.489 e. The van der Waals surface area contributed by atoms with Crippen LogP contribution in [-0.2, 0) is 6.61 Å². The molecule has 0 atom stereocenters. The summed E-state index contributed by atoms with van der Waals surface area (Å²) < 4.78 is 68.2. The Morgan fingerprint density at radius 1 is 0.857 bits per heavy atom. The maximum absolute atomic E-state index is 12.9. The zero-order valence-corrected chi connectivity index (χ0v) is 14.2. The fourth-order valence-electron chi connectivity index (χ4n) is 1.64. The van der Waals surface area contributed by atoms with Gasteiger partial charge in [0.1, 0.15) is 24.0 Å². The number of rotatable bonds is 4. The summed E-state index contributed by atoms with van der Waals surface area (Å²) in [4.78, 5) is 0. The molecule has 0 saturated heterocycles. The van der Waals surface area contributed by atoms with Crippen LogP contribution in [0.5, 0.6) is 5.75 Å².